The molecule has 4 aromatic rings. The Balaban J connectivity index is 1.55. The highest BCUT2D eigenvalue weighted by atomic mass is 32.2. The molecule has 2 aromatic heterocycles. The van der Waals surface area contributed by atoms with E-state index in [0.29, 0.717) is 42.2 Å². The van der Waals surface area contributed by atoms with Crippen molar-refractivity contribution in [2.24, 2.45) is 5.92 Å². The number of aromatic nitrogens is 3. The van der Waals surface area contributed by atoms with E-state index in [1.54, 1.807) is 55.9 Å². The van der Waals surface area contributed by atoms with E-state index in [0.717, 1.165) is 11.1 Å². The molecule has 0 aliphatic heterocycles. The number of anilines is 2. The van der Waals surface area contributed by atoms with Gasteiger partial charge in [0.15, 0.2) is 15.7 Å². The first-order valence-electron chi connectivity index (χ1n) is 12.8. The van der Waals surface area contributed by atoms with E-state index in [4.69, 9.17) is 9.84 Å². The van der Waals surface area contributed by atoms with Gasteiger partial charge in [0.25, 0.3) is 0 Å². The smallest absolute Gasteiger partial charge is 0.227 e. The number of fused-ring (bicyclic) bond motifs is 1. The van der Waals surface area contributed by atoms with E-state index < -0.39 is 20.7 Å². The molecule has 10 heteroatoms. The lowest BCUT2D eigenvalue weighted by Crippen LogP contribution is -2.27. The SMILES string of the molecule is CC(C)(C)S(=O)(=O)c1ccc(Nc2nn(C3CC(O)CC3C#N)c3ccnc(OCc4ccccc4)c23)cc1. The van der Waals surface area contributed by atoms with E-state index >= 15 is 0 Å². The van der Waals surface area contributed by atoms with Crippen LogP contribution in [0.1, 0.15) is 45.2 Å². The zero-order valence-electron chi connectivity index (χ0n) is 22.1. The number of nitriles is 1. The van der Waals surface area contributed by atoms with Gasteiger partial charge in [-0.25, -0.2) is 13.4 Å². The molecule has 0 saturated heterocycles. The van der Waals surface area contributed by atoms with Gasteiger partial charge < -0.3 is 15.2 Å². The number of hydrogen-bond donors (Lipinski definition) is 2. The molecule has 3 unspecified atom stereocenters. The van der Waals surface area contributed by atoms with Crippen LogP contribution in [0.5, 0.6) is 5.88 Å². The molecular formula is C29H31N5O4S. The predicted octanol–water partition coefficient (Wildman–Crippen LogP) is 5.16. The number of benzene rings is 2. The lowest BCUT2D eigenvalue weighted by molar-refractivity contribution is 0.176. The molecule has 0 bridgehead atoms. The minimum Gasteiger partial charge on any atom is -0.472 e. The molecule has 3 atom stereocenters. The molecule has 202 valence electrons. The number of hydrogen-bond acceptors (Lipinski definition) is 8. The van der Waals surface area contributed by atoms with Gasteiger partial charge in [-0.2, -0.15) is 10.4 Å². The van der Waals surface area contributed by atoms with Crippen LogP contribution in [-0.2, 0) is 16.4 Å². The number of aliphatic hydroxyl groups is 1. The van der Waals surface area contributed by atoms with Crippen molar-refractivity contribution in [3.63, 3.8) is 0 Å². The molecule has 1 aliphatic carbocycles. The Morgan fingerprint density at radius 1 is 1.10 bits per heavy atom. The molecule has 1 fully saturated rings. The van der Waals surface area contributed by atoms with Crippen LogP contribution in [0.3, 0.4) is 0 Å². The first-order valence-corrected chi connectivity index (χ1v) is 14.3. The number of rotatable bonds is 7. The van der Waals surface area contributed by atoms with Crippen molar-refractivity contribution in [2.45, 2.75) is 62.0 Å². The highest BCUT2D eigenvalue weighted by molar-refractivity contribution is 7.92. The number of nitrogens with one attached hydrogen (secondary N) is 1. The fraction of sp³-hybridized carbons (Fsp3) is 0.345. The van der Waals surface area contributed by atoms with Crippen molar-refractivity contribution in [1.82, 2.24) is 14.8 Å². The van der Waals surface area contributed by atoms with Crippen molar-refractivity contribution in [2.75, 3.05) is 5.32 Å². The van der Waals surface area contributed by atoms with E-state index in [9.17, 15) is 18.8 Å². The van der Waals surface area contributed by atoms with Gasteiger partial charge in [-0.15, -0.1) is 0 Å². The van der Waals surface area contributed by atoms with Gasteiger partial charge in [0.05, 0.1) is 39.3 Å². The van der Waals surface area contributed by atoms with Crippen molar-refractivity contribution in [3.05, 3.63) is 72.4 Å². The number of sulfone groups is 1. The van der Waals surface area contributed by atoms with Gasteiger partial charge in [-0.1, -0.05) is 30.3 Å². The second-order valence-corrected chi connectivity index (χ2v) is 13.5. The Hall–Kier alpha value is -3.94. The molecule has 2 heterocycles. The fourth-order valence-corrected chi connectivity index (χ4v) is 6.04. The van der Waals surface area contributed by atoms with E-state index in [1.165, 1.54) is 0 Å². The lowest BCUT2D eigenvalue weighted by atomic mass is 10.1. The Kier molecular flexibility index (Phi) is 7.05. The number of nitrogens with zero attached hydrogens (tertiary/aromatic N) is 4. The molecule has 5 rings (SSSR count). The highest BCUT2D eigenvalue weighted by Crippen LogP contribution is 2.41. The van der Waals surface area contributed by atoms with E-state index in [-0.39, 0.29) is 16.9 Å². The average molecular weight is 546 g/mol. The molecule has 0 spiro atoms. The molecule has 39 heavy (non-hydrogen) atoms. The number of aliphatic hydroxyl groups excluding tert-OH is 1. The summed E-state index contributed by atoms with van der Waals surface area (Å²) in [7, 11) is -3.49. The third kappa shape index (κ3) is 5.20. The average Bonchev–Trinajstić information content (AvgIpc) is 3.47. The van der Waals surface area contributed by atoms with Crippen LogP contribution in [0, 0.1) is 17.2 Å². The summed E-state index contributed by atoms with van der Waals surface area (Å²) in [6, 6.07) is 20.1. The topological polar surface area (TPSA) is 130 Å². The Labute approximate surface area is 228 Å². The lowest BCUT2D eigenvalue weighted by Gasteiger charge is -2.19. The minimum absolute atomic E-state index is 0.237. The van der Waals surface area contributed by atoms with Crippen molar-refractivity contribution < 1.29 is 18.3 Å². The molecular weight excluding hydrogens is 514 g/mol. The normalized spacial score (nSPS) is 19.6. The summed E-state index contributed by atoms with van der Waals surface area (Å²) in [5.74, 6) is 0.453. The van der Waals surface area contributed by atoms with Crippen LogP contribution in [0.25, 0.3) is 10.9 Å². The Morgan fingerprint density at radius 3 is 2.49 bits per heavy atom. The Bertz CT molecular complexity index is 1620. The molecule has 0 amide bonds. The van der Waals surface area contributed by atoms with Crippen molar-refractivity contribution in [3.8, 4) is 11.9 Å². The second kappa shape index (κ2) is 10.3. The van der Waals surface area contributed by atoms with Crippen LogP contribution >= 0.6 is 0 Å². The van der Waals surface area contributed by atoms with Gasteiger partial charge in [-0.05, 0) is 69.5 Å². The summed E-state index contributed by atoms with van der Waals surface area (Å²) in [5, 5.41) is 28.8. The standard InChI is InChI=1S/C29H31N5O4S/c1-29(2,3)39(36,37)23-11-9-21(10-12-23)32-27-26-24(34(33-27)25-16-22(35)15-20(25)17-30)13-14-31-28(26)38-18-19-7-5-4-6-8-19/h4-14,20,22,25,35H,15-16,18H2,1-3H3,(H,32,33). The zero-order valence-corrected chi connectivity index (χ0v) is 22.9. The fourth-order valence-electron chi connectivity index (χ4n) is 4.84. The largest absolute Gasteiger partial charge is 0.472 e. The third-order valence-electron chi connectivity index (χ3n) is 7.02. The first-order chi connectivity index (χ1) is 18.6. The molecule has 2 N–H and O–H groups in total. The van der Waals surface area contributed by atoms with Crippen LogP contribution in [0.2, 0.25) is 0 Å². The third-order valence-corrected chi connectivity index (χ3v) is 9.53. The maximum Gasteiger partial charge on any atom is 0.227 e. The van der Waals surface area contributed by atoms with Gasteiger partial charge in [-0.3, -0.25) is 4.68 Å². The predicted molar refractivity (Wildman–Crippen MR) is 148 cm³/mol. The van der Waals surface area contributed by atoms with E-state index in [2.05, 4.69) is 16.4 Å². The minimum atomic E-state index is -3.49. The maximum absolute atomic E-state index is 12.9. The monoisotopic (exact) mass is 545 g/mol. The van der Waals surface area contributed by atoms with Gasteiger partial charge in [0.2, 0.25) is 5.88 Å². The van der Waals surface area contributed by atoms with Crippen LogP contribution in [0.15, 0.2) is 71.8 Å². The molecule has 1 aliphatic rings. The highest BCUT2D eigenvalue weighted by Gasteiger charge is 2.37. The quantitative estimate of drug-likeness (QED) is 0.326. The van der Waals surface area contributed by atoms with Gasteiger partial charge in [0.1, 0.15) is 12.0 Å². The van der Waals surface area contributed by atoms with Crippen LogP contribution < -0.4 is 10.1 Å². The summed E-state index contributed by atoms with van der Waals surface area (Å²) < 4.78 is 32.7. The molecule has 9 nitrogen and oxygen atoms in total. The molecule has 0 radical (unpaired) electrons. The summed E-state index contributed by atoms with van der Waals surface area (Å²) in [5.41, 5.74) is 2.34. The Morgan fingerprint density at radius 2 is 1.82 bits per heavy atom. The van der Waals surface area contributed by atoms with E-state index in [1.807, 2.05) is 36.4 Å². The second-order valence-electron chi connectivity index (χ2n) is 10.8. The van der Waals surface area contributed by atoms with Crippen LogP contribution in [-0.4, -0.2) is 39.1 Å². The summed E-state index contributed by atoms with van der Waals surface area (Å²) in [6.45, 7) is 5.32. The van der Waals surface area contributed by atoms with Crippen molar-refractivity contribution >= 4 is 32.2 Å². The summed E-state index contributed by atoms with van der Waals surface area (Å²) >= 11 is 0. The summed E-state index contributed by atoms with van der Waals surface area (Å²) in [4.78, 5) is 4.72. The van der Waals surface area contributed by atoms with Crippen LogP contribution in [0.4, 0.5) is 11.5 Å². The first kappa shape index (κ1) is 26.7. The van der Waals surface area contributed by atoms with Gasteiger partial charge >= 0.3 is 0 Å². The maximum atomic E-state index is 12.9. The molecule has 2 aromatic carbocycles. The molecule has 1 saturated carbocycles. The summed E-state index contributed by atoms with van der Waals surface area (Å²) in [6.07, 6.45) is 1.86. The zero-order chi connectivity index (χ0) is 27.8. The number of ether oxygens (including phenoxy) is 1. The van der Waals surface area contributed by atoms with Crippen molar-refractivity contribution in [1.29, 1.82) is 5.26 Å². The number of pyridine rings is 1. The van der Waals surface area contributed by atoms with Gasteiger partial charge in [0, 0.05) is 11.9 Å².